The summed E-state index contributed by atoms with van der Waals surface area (Å²) in [6.45, 7) is 5.57. The topological polar surface area (TPSA) is 70.2 Å². The summed E-state index contributed by atoms with van der Waals surface area (Å²) in [5.41, 5.74) is 4.35. The van der Waals surface area contributed by atoms with Crippen LogP contribution in [-0.4, -0.2) is 11.9 Å². The van der Waals surface area contributed by atoms with Crippen molar-refractivity contribution in [3.05, 3.63) is 53.6 Å². The molecule has 0 aromatic heterocycles. The van der Waals surface area contributed by atoms with Crippen LogP contribution in [0.1, 0.15) is 31.9 Å². The third kappa shape index (κ3) is 4.59. The molecule has 2 rings (SSSR count). The zero-order valence-electron chi connectivity index (χ0n) is 14.3. The van der Waals surface area contributed by atoms with Crippen LogP contribution in [0, 0.1) is 0 Å². The van der Waals surface area contributed by atoms with Crippen molar-refractivity contribution < 1.29 is 9.59 Å². The van der Waals surface area contributed by atoms with Gasteiger partial charge in [-0.25, -0.2) is 4.79 Å². The van der Waals surface area contributed by atoms with Gasteiger partial charge in [-0.1, -0.05) is 38.1 Å². The normalized spacial score (nSPS) is 10.1. The van der Waals surface area contributed by atoms with Gasteiger partial charge in [0.05, 0.1) is 0 Å². The molecule has 0 spiro atoms. The average molecular weight is 325 g/mol. The van der Waals surface area contributed by atoms with E-state index in [1.165, 1.54) is 6.92 Å². The molecule has 5 nitrogen and oxygen atoms in total. The van der Waals surface area contributed by atoms with Crippen molar-refractivity contribution >= 4 is 29.0 Å². The molecule has 0 heterocycles. The van der Waals surface area contributed by atoms with Gasteiger partial charge in [-0.05, 0) is 42.2 Å². The predicted octanol–water partition coefficient (Wildman–Crippen LogP) is 4.41. The third-order valence-corrected chi connectivity index (χ3v) is 3.68. The van der Waals surface area contributed by atoms with Gasteiger partial charge in [0.2, 0.25) is 5.91 Å². The highest BCUT2D eigenvalue weighted by Crippen LogP contribution is 2.23. The van der Waals surface area contributed by atoms with Gasteiger partial charge in [-0.15, -0.1) is 0 Å². The molecule has 0 aliphatic heterocycles. The summed E-state index contributed by atoms with van der Waals surface area (Å²) in [5, 5.41) is 8.45. The molecule has 0 atom stereocenters. The molecule has 0 unspecified atom stereocenters. The van der Waals surface area contributed by atoms with E-state index in [2.05, 4.69) is 29.8 Å². The van der Waals surface area contributed by atoms with Crippen LogP contribution >= 0.6 is 0 Å². The second-order valence-electron chi connectivity index (χ2n) is 5.50. The number of hydrogen-bond acceptors (Lipinski definition) is 2. The van der Waals surface area contributed by atoms with E-state index in [-0.39, 0.29) is 11.9 Å². The van der Waals surface area contributed by atoms with Gasteiger partial charge in [0, 0.05) is 24.0 Å². The molecule has 0 saturated carbocycles. The second kappa shape index (κ2) is 8.15. The number of hydrogen-bond donors (Lipinski definition) is 3. The molecular weight excluding hydrogens is 302 g/mol. The Hall–Kier alpha value is -2.82. The van der Waals surface area contributed by atoms with Crippen molar-refractivity contribution in [2.75, 3.05) is 16.0 Å². The van der Waals surface area contributed by atoms with Crippen LogP contribution in [-0.2, 0) is 17.6 Å². The van der Waals surface area contributed by atoms with E-state index in [0.717, 1.165) is 29.7 Å². The highest BCUT2D eigenvalue weighted by atomic mass is 16.2. The molecule has 0 aliphatic carbocycles. The van der Waals surface area contributed by atoms with Crippen LogP contribution < -0.4 is 16.0 Å². The molecule has 126 valence electrons. The van der Waals surface area contributed by atoms with Gasteiger partial charge in [0.1, 0.15) is 0 Å². The van der Waals surface area contributed by atoms with Crippen molar-refractivity contribution in [2.24, 2.45) is 0 Å². The first-order valence-corrected chi connectivity index (χ1v) is 8.09. The maximum absolute atomic E-state index is 12.3. The molecule has 2 aromatic rings. The molecule has 3 N–H and O–H groups in total. The third-order valence-electron chi connectivity index (χ3n) is 3.68. The number of carbonyl (C=O) groups excluding carboxylic acids is 2. The molecular formula is C19H23N3O2. The van der Waals surface area contributed by atoms with E-state index in [1.54, 1.807) is 24.3 Å². The van der Waals surface area contributed by atoms with Crippen molar-refractivity contribution in [2.45, 2.75) is 33.6 Å². The summed E-state index contributed by atoms with van der Waals surface area (Å²) in [7, 11) is 0. The molecule has 0 radical (unpaired) electrons. The Bertz CT molecular complexity index is 719. The number of carbonyl (C=O) groups is 2. The fraction of sp³-hybridized carbons (Fsp3) is 0.263. The van der Waals surface area contributed by atoms with Gasteiger partial charge in [-0.2, -0.15) is 0 Å². The Morgan fingerprint density at radius 2 is 1.38 bits per heavy atom. The molecule has 0 aliphatic rings. The lowest BCUT2D eigenvalue weighted by molar-refractivity contribution is -0.114. The van der Waals surface area contributed by atoms with Crippen molar-refractivity contribution in [1.82, 2.24) is 0 Å². The molecule has 2 aromatic carbocycles. The lowest BCUT2D eigenvalue weighted by atomic mass is 10.0. The van der Waals surface area contributed by atoms with Gasteiger partial charge in [-0.3, -0.25) is 4.79 Å². The van der Waals surface area contributed by atoms with Gasteiger partial charge in [0.15, 0.2) is 0 Å². The van der Waals surface area contributed by atoms with E-state index >= 15 is 0 Å². The second-order valence-corrected chi connectivity index (χ2v) is 5.50. The summed E-state index contributed by atoms with van der Waals surface area (Å²) in [5.74, 6) is -0.152. The fourth-order valence-electron chi connectivity index (χ4n) is 2.56. The predicted molar refractivity (Wildman–Crippen MR) is 98.6 cm³/mol. The number of amides is 3. The van der Waals surface area contributed by atoms with Crippen LogP contribution in [0.25, 0.3) is 0 Å². The van der Waals surface area contributed by atoms with Crippen LogP contribution in [0.5, 0.6) is 0 Å². The minimum atomic E-state index is -0.300. The zero-order valence-corrected chi connectivity index (χ0v) is 14.3. The Kier molecular flexibility index (Phi) is 5.95. The number of para-hydroxylation sites is 1. The average Bonchev–Trinajstić information content (AvgIpc) is 2.54. The lowest BCUT2D eigenvalue weighted by Gasteiger charge is -2.15. The summed E-state index contributed by atoms with van der Waals surface area (Å²) < 4.78 is 0. The summed E-state index contributed by atoms with van der Waals surface area (Å²) in [6, 6.07) is 12.8. The Morgan fingerprint density at radius 1 is 0.833 bits per heavy atom. The first kappa shape index (κ1) is 17.5. The SMILES string of the molecule is CCc1cccc(CC)c1NC(=O)Nc1cccc(NC(C)=O)c1. The number of anilines is 3. The van der Waals surface area contributed by atoms with Crippen molar-refractivity contribution in [1.29, 1.82) is 0 Å². The molecule has 0 saturated heterocycles. The molecule has 0 fully saturated rings. The number of urea groups is 1. The highest BCUT2D eigenvalue weighted by molar-refractivity contribution is 6.01. The standard InChI is InChI=1S/C19H23N3O2/c1-4-14-8-6-9-15(5-2)18(14)22-19(24)21-17-11-7-10-16(12-17)20-13(3)23/h6-12H,4-5H2,1-3H3,(H,20,23)(H2,21,22,24). The molecule has 24 heavy (non-hydrogen) atoms. The fourth-order valence-corrected chi connectivity index (χ4v) is 2.56. The number of benzene rings is 2. The van der Waals surface area contributed by atoms with E-state index in [0.29, 0.717) is 11.4 Å². The van der Waals surface area contributed by atoms with Crippen molar-refractivity contribution in [3.8, 4) is 0 Å². The van der Waals surface area contributed by atoms with Gasteiger partial charge in [0.25, 0.3) is 0 Å². The lowest BCUT2D eigenvalue weighted by Crippen LogP contribution is -2.21. The number of aryl methyl sites for hydroxylation is 2. The monoisotopic (exact) mass is 325 g/mol. The van der Waals surface area contributed by atoms with E-state index in [9.17, 15) is 9.59 Å². The summed E-state index contributed by atoms with van der Waals surface area (Å²) in [6.07, 6.45) is 1.70. The quantitative estimate of drug-likeness (QED) is 0.762. The van der Waals surface area contributed by atoms with E-state index < -0.39 is 0 Å². The van der Waals surface area contributed by atoms with Crippen LogP contribution in [0.4, 0.5) is 21.9 Å². The maximum Gasteiger partial charge on any atom is 0.323 e. The van der Waals surface area contributed by atoms with Crippen LogP contribution in [0.2, 0.25) is 0 Å². The highest BCUT2D eigenvalue weighted by Gasteiger charge is 2.10. The molecule has 0 bridgehead atoms. The maximum atomic E-state index is 12.3. The Labute approximate surface area is 142 Å². The van der Waals surface area contributed by atoms with Crippen LogP contribution in [0.3, 0.4) is 0 Å². The first-order valence-electron chi connectivity index (χ1n) is 8.09. The minimum Gasteiger partial charge on any atom is -0.326 e. The smallest absolute Gasteiger partial charge is 0.323 e. The minimum absolute atomic E-state index is 0.152. The molecule has 3 amide bonds. The number of nitrogens with one attached hydrogen (secondary N) is 3. The first-order chi connectivity index (χ1) is 11.5. The van der Waals surface area contributed by atoms with Gasteiger partial charge < -0.3 is 16.0 Å². The van der Waals surface area contributed by atoms with E-state index in [4.69, 9.17) is 0 Å². The van der Waals surface area contributed by atoms with Gasteiger partial charge >= 0.3 is 6.03 Å². The van der Waals surface area contributed by atoms with Crippen LogP contribution in [0.15, 0.2) is 42.5 Å². The van der Waals surface area contributed by atoms with E-state index in [1.807, 2.05) is 18.2 Å². The number of rotatable bonds is 5. The molecule has 5 heteroatoms. The zero-order chi connectivity index (χ0) is 17.5. The largest absolute Gasteiger partial charge is 0.326 e. The Morgan fingerprint density at radius 3 is 1.92 bits per heavy atom. The summed E-state index contributed by atoms with van der Waals surface area (Å²) >= 11 is 0. The Balaban J connectivity index is 2.13. The summed E-state index contributed by atoms with van der Waals surface area (Å²) in [4.78, 5) is 23.5. The van der Waals surface area contributed by atoms with Crippen molar-refractivity contribution in [3.63, 3.8) is 0 Å².